The van der Waals surface area contributed by atoms with Crippen LogP contribution in [0.1, 0.15) is 60.9 Å². The van der Waals surface area contributed by atoms with Gasteiger partial charge in [0, 0.05) is 72.9 Å². The first-order valence-corrected chi connectivity index (χ1v) is 19.8. The van der Waals surface area contributed by atoms with Crippen LogP contribution in [0, 0.1) is 11.3 Å². The van der Waals surface area contributed by atoms with E-state index < -0.39 is 15.6 Å². The Kier molecular flexibility index (Phi) is 10.6. The van der Waals surface area contributed by atoms with Crippen LogP contribution >= 0.6 is 0 Å². The number of unbranched alkanes of at least 4 members (excludes halogenated alkanes) is 1. The average Bonchev–Trinajstić information content (AvgIpc) is 3.85. The number of benzene rings is 2. The Labute approximate surface area is 317 Å². The lowest BCUT2D eigenvalue weighted by atomic mass is 9.89. The molecule has 2 saturated heterocycles. The van der Waals surface area contributed by atoms with Gasteiger partial charge in [0.25, 0.3) is 5.91 Å². The summed E-state index contributed by atoms with van der Waals surface area (Å²) in [7, 11) is -3.38. The van der Waals surface area contributed by atoms with Crippen LogP contribution in [0.5, 0.6) is 0 Å². The third-order valence-electron chi connectivity index (χ3n) is 10.0. The molecule has 0 saturated carbocycles. The van der Waals surface area contributed by atoms with Gasteiger partial charge in [0.1, 0.15) is 11.2 Å². The maximum absolute atomic E-state index is 12.9. The number of carbonyl (C=O) groups is 3. The highest BCUT2D eigenvalue weighted by molar-refractivity contribution is 7.89. The number of rotatable bonds is 15. The van der Waals surface area contributed by atoms with Crippen molar-refractivity contribution in [3.63, 3.8) is 0 Å². The number of piperidine rings is 1. The smallest absolute Gasteiger partial charge is 0.251 e. The summed E-state index contributed by atoms with van der Waals surface area (Å²) in [6, 6.07) is 18.7. The van der Waals surface area contributed by atoms with Gasteiger partial charge in [-0.3, -0.25) is 24.4 Å². The van der Waals surface area contributed by atoms with Crippen molar-refractivity contribution in [2.75, 3.05) is 42.6 Å². The largest absolute Gasteiger partial charge is 0.385 e. The van der Waals surface area contributed by atoms with Gasteiger partial charge in [-0.05, 0) is 74.2 Å². The van der Waals surface area contributed by atoms with Crippen molar-refractivity contribution < 1.29 is 22.8 Å². The number of hydrogen-bond donors (Lipinski definition) is 5. The molecule has 2 aliphatic heterocycles. The summed E-state index contributed by atoms with van der Waals surface area (Å²) in [6.07, 6.45) is 7.75. The maximum atomic E-state index is 12.9. The monoisotopic (exact) mass is 763 g/mol. The first kappa shape index (κ1) is 37.2. The number of carbonyl (C=O) groups excluding carboxylic acids is 3. The second-order valence-electron chi connectivity index (χ2n) is 13.8. The van der Waals surface area contributed by atoms with E-state index in [9.17, 15) is 28.1 Å². The summed E-state index contributed by atoms with van der Waals surface area (Å²) >= 11 is 0. The Balaban J connectivity index is 0.918. The summed E-state index contributed by atoms with van der Waals surface area (Å²) in [6.45, 7) is 3.15. The van der Waals surface area contributed by atoms with Crippen molar-refractivity contribution in [2.24, 2.45) is 0 Å². The summed E-state index contributed by atoms with van der Waals surface area (Å²) in [5.74, 6) is -0.684. The molecular formula is C38H41N11O5S. The Bertz CT molecular complexity index is 2380. The lowest BCUT2D eigenvalue weighted by Crippen LogP contribution is -2.64. The van der Waals surface area contributed by atoms with E-state index in [1.165, 1.54) is 4.31 Å². The third kappa shape index (κ3) is 8.05. The van der Waals surface area contributed by atoms with E-state index in [1.54, 1.807) is 54.5 Å². The van der Waals surface area contributed by atoms with Gasteiger partial charge in [-0.25, -0.2) is 13.4 Å². The number of nitrogens with one attached hydrogen (secondary N) is 5. The van der Waals surface area contributed by atoms with E-state index in [0.717, 1.165) is 29.5 Å². The fraction of sp³-hybridized carbons (Fsp3) is 0.342. The van der Waals surface area contributed by atoms with Crippen LogP contribution < -0.4 is 21.3 Å². The molecule has 284 valence electrons. The number of H-pyrrole nitrogens is 1. The maximum Gasteiger partial charge on any atom is 0.251 e. The van der Waals surface area contributed by atoms with Gasteiger partial charge < -0.3 is 20.9 Å². The minimum absolute atomic E-state index is 0.00707. The molecule has 0 radical (unpaired) electrons. The predicted molar refractivity (Wildman–Crippen MR) is 206 cm³/mol. The molecule has 3 amide bonds. The lowest BCUT2D eigenvalue weighted by molar-refractivity contribution is -0.134. The summed E-state index contributed by atoms with van der Waals surface area (Å²) in [5, 5.41) is 26.8. The van der Waals surface area contributed by atoms with Crippen LogP contribution in [-0.2, 0) is 25.2 Å². The molecule has 2 aliphatic rings. The Morgan fingerprint density at radius 2 is 1.85 bits per heavy atom. The predicted octanol–water partition coefficient (Wildman–Crippen LogP) is 3.98. The van der Waals surface area contributed by atoms with Crippen LogP contribution in [0.25, 0.3) is 22.3 Å². The second kappa shape index (κ2) is 15.7. The lowest BCUT2D eigenvalue weighted by Gasteiger charge is -2.47. The molecule has 2 aromatic carbocycles. The molecule has 7 rings (SSSR count). The van der Waals surface area contributed by atoms with E-state index in [4.69, 9.17) is 4.98 Å². The fourth-order valence-corrected chi connectivity index (χ4v) is 8.13. The Morgan fingerprint density at radius 1 is 1.05 bits per heavy atom. The van der Waals surface area contributed by atoms with Crippen LogP contribution in [0.3, 0.4) is 0 Å². The molecule has 55 heavy (non-hydrogen) atoms. The van der Waals surface area contributed by atoms with Gasteiger partial charge >= 0.3 is 0 Å². The van der Waals surface area contributed by atoms with Gasteiger partial charge in [0.15, 0.2) is 0 Å². The highest BCUT2D eigenvalue weighted by Gasteiger charge is 2.49. The standard InChI is InChI=1S/C38H41N11O5S/c1-2-55(53,54)48-23-38(24-48,15-16-39)49-22-27(21-43-49)33-31-14-19-41-34(31)47-37(46-33)44-28-10-8-25(9-11-28)35(51)42-18-4-3-17-40-29-7-5-6-26(20-29)30-12-13-32(50)45-36(30)52/h5-11,14,19-22,30,40H,2-4,12-13,15,17-18,23-24H2,1H3,(H,42,51)(H,45,50,52)(H2,41,44,46,47). The van der Waals surface area contributed by atoms with E-state index >= 15 is 0 Å². The quantitative estimate of drug-likeness (QED) is 0.0758. The van der Waals surface area contributed by atoms with Crippen LogP contribution in [0.2, 0.25) is 0 Å². The zero-order valence-electron chi connectivity index (χ0n) is 30.2. The van der Waals surface area contributed by atoms with Crippen LogP contribution in [0.4, 0.5) is 17.3 Å². The van der Waals surface area contributed by atoms with Gasteiger partial charge in [0.05, 0.1) is 36.1 Å². The van der Waals surface area contributed by atoms with Crippen LogP contribution in [-0.4, -0.2) is 87.1 Å². The molecule has 3 aromatic heterocycles. The highest BCUT2D eigenvalue weighted by Crippen LogP contribution is 2.36. The van der Waals surface area contributed by atoms with Gasteiger partial charge in [0.2, 0.25) is 27.8 Å². The molecule has 0 aliphatic carbocycles. The number of sulfonamides is 1. The summed E-state index contributed by atoms with van der Waals surface area (Å²) in [4.78, 5) is 49.1. The van der Waals surface area contributed by atoms with Crippen molar-refractivity contribution in [3.05, 3.63) is 84.3 Å². The average molecular weight is 764 g/mol. The van der Waals surface area contributed by atoms with Gasteiger partial charge in [-0.2, -0.15) is 19.6 Å². The number of fused-ring (bicyclic) bond motifs is 1. The van der Waals surface area contributed by atoms with E-state index in [2.05, 4.69) is 42.4 Å². The molecule has 17 heteroatoms. The highest BCUT2D eigenvalue weighted by atomic mass is 32.2. The van der Waals surface area contributed by atoms with Crippen molar-refractivity contribution in [1.82, 2.24) is 39.7 Å². The number of nitrogens with zero attached hydrogens (tertiary/aromatic N) is 6. The second-order valence-corrected chi connectivity index (χ2v) is 16.0. The number of aromatic nitrogens is 5. The molecule has 0 spiro atoms. The van der Waals surface area contributed by atoms with Crippen LogP contribution in [0.15, 0.2) is 73.2 Å². The van der Waals surface area contributed by atoms with Crippen molar-refractivity contribution in [1.29, 1.82) is 5.26 Å². The zero-order valence-corrected chi connectivity index (χ0v) is 31.0. The SMILES string of the molecule is CCS(=O)(=O)N1CC(CC#N)(n2cc(-c3nc(Nc4ccc(C(=O)NCCCCNc5cccc(C6CCC(=O)NC6=O)c5)cc4)nc4[nH]ccc34)cn2)C1. The van der Waals surface area contributed by atoms with Crippen molar-refractivity contribution in [3.8, 4) is 17.3 Å². The molecule has 1 atom stereocenters. The number of hydrogen-bond acceptors (Lipinski definition) is 11. The molecule has 0 bridgehead atoms. The summed E-state index contributed by atoms with van der Waals surface area (Å²) in [5.41, 5.74) is 4.10. The van der Waals surface area contributed by atoms with E-state index in [0.29, 0.717) is 60.0 Å². The number of anilines is 3. The van der Waals surface area contributed by atoms with Gasteiger partial charge in [-0.15, -0.1) is 0 Å². The molecule has 5 heterocycles. The topological polar surface area (TPSA) is 220 Å². The van der Waals surface area contributed by atoms with E-state index in [1.807, 2.05) is 30.3 Å². The Morgan fingerprint density at radius 3 is 2.62 bits per heavy atom. The molecule has 5 N–H and O–H groups in total. The third-order valence-corrected chi connectivity index (χ3v) is 11.8. The van der Waals surface area contributed by atoms with Crippen molar-refractivity contribution >= 4 is 56.1 Å². The molecule has 5 aromatic rings. The minimum atomic E-state index is -3.38. The Hall–Kier alpha value is -6.12. The molecular weight excluding hydrogens is 723 g/mol. The zero-order chi connectivity index (χ0) is 38.6. The van der Waals surface area contributed by atoms with Gasteiger partial charge in [-0.1, -0.05) is 12.1 Å². The molecule has 2 fully saturated rings. The van der Waals surface area contributed by atoms with E-state index in [-0.39, 0.29) is 48.9 Å². The number of imide groups is 1. The minimum Gasteiger partial charge on any atom is -0.385 e. The van der Waals surface area contributed by atoms with Crippen molar-refractivity contribution in [2.45, 2.75) is 50.5 Å². The first-order valence-electron chi connectivity index (χ1n) is 18.2. The number of amides is 3. The molecule has 16 nitrogen and oxygen atoms in total. The fourth-order valence-electron chi connectivity index (χ4n) is 6.89. The number of aromatic amines is 1. The number of nitriles is 1. The normalized spacial score (nSPS) is 16.9. The summed E-state index contributed by atoms with van der Waals surface area (Å²) < 4.78 is 27.9. The molecule has 1 unspecified atom stereocenters. The first-order chi connectivity index (χ1) is 26.6.